The van der Waals surface area contributed by atoms with Gasteiger partial charge in [0.25, 0.3) is 11.5 Å². The summed E-state index contributed by atoms with van der Waals surface area (Å²) in [5.41, 5.74) is 4.30. The van der Waals surface area contributed by atoms with Crippen LogP contribution in [0.3, 0.4) is 0 Å². The van der Waals surface area contributed by atoms with Gasteiger partial charge in [0.1, 0.15) is 11.2 Å². The maximum absolute atomic E-state index is 8.08. The van der Waals surface area contributed by atoms with Crippen LogP contribution in [-0.4, -0.2) is 19.1 Å². The zero-order valence-electron chi connectivity index (χ0n) is 14.4. The lowest BCUT2D eigenvalue weighted by molar-refractivity contribution is -0.636. The Morgan fingerprint density at radius 3 is 3.19 bits per heavy atom. The highest BCUT2D eigenvalue weighted by molar-refractivity contribution is 6.04. The zero-order chi connectivity index (χ0) is 16.6. The van der Waals surface area contributed by atoms with Crippen molar-refractivity contribution >= 4 is 22.1 Å². The molecule has 5 heteroatoms. The highest BCUT2D eigenvalue weighted by Gasteiger charge is 2.35. The smallest absolute Gasteiger partial charge is 0.264 e. The molecule has 5 nitrogen and oxygen atoms in total. The van der Waals surface area contributed by atoms with Crippen LogP contribution in [0.1, 0.15) is 9.68 Å². The number of fused-ring (bicyclic) bond motifs is 7. The lowest BCUT2D eigenvalue weighted by Crippen LogP contribution is -2.31. The molecule has 0 aliphatic carbocycles. The molecule has 21 heavy (non-hydrogen) atoms. The number of rotatable bonds is 0. The zero-order valence-corrected chi connectivity index (χ0v) is 11.4. The number of pyridine rings is 2. The van der Waals surface area contributed by atoms with Gasteiger partial charge in [-0.3, -0.25) is 9.55 Å². The molecule has 4 aromatic rings. The molecule has 0 unspecified atom stereocenters. The van der Waals surface area contributed by atoms with E-state index >= 15 is 0 Å². The third kappa shape index (κ3) is 1.15. The summed E-state index contributed by atoms with van der Waals surface area (Å²) in [5, 5.41) is 0.951. The fourth-order valence-corrected chi connectivity index (χ4v) is 3.43. The predicted molar refractivity (Wildman–Crippen MR) is 79.7 cm³/mol. The Bertz CT molecular complexity index is 1140. The quantitative estimate of drug-likeness (QED) is 0.405. The Morgan fingerprint density at radius 1 is 1.33 bits per heavy atom. The number of imidazole rings is 1. The molecule has 5 heterocycles. The van der Waals surface area contributed by atoms with E-state index in [4.69, 9.17) is 4.11 Å². The minimum absolute atomic E-state index is 0.617. The van der Waals surface area contributed by atoms with Gasteiger partial charge >= 0.3 is 0 Å². The number of nitrogens with zero attached hydrogens (tertiary/aromatic N) is 5. The third-order valence-corrected chi connectivity index (χ3v) is 4.32. The van der Waals surface area contributed by atoms with Crippen LogP contribution in [0.25, 0.3) is 33.6 Å². The fraction of sp³-hybridized carbons (Fsp3) is 0.188. The van der Waals surface area contributed by atoms with E-state index in [0.29, 0.717) is 18.0 Å². The van der Waals surface area contributed by atoms with E-state index in [9.17, 15) is 0 Å². The summed E-state index contributed by atoms with van der Waals surface area (Å²) in [7, 11) is 1.89. The molecule has 0 bridgehead atoms. The molecular weight excluding hydrogens is 262 g/mol. The Hall–Kier alpha value is -2.69. The van der Waals surface area contributed by atoms with Crippen molar-refractivity contribution in [3.05, 3.63) is 42.4 Å². The van der Waals surface area contributed by atoms with E-state index in [1.54, 1.807) is 18.6 Å². The van der Waals surface area contributed by atoms with Crippen LogP contribution in [0.5, 0.6) is 0 Å². The van der Waals surface area contributed by atoms with Crippen LogP contribution in [0.15, 0.2) is 36.8 Å². The van der Waals surface area contributed by atoms with E-state index in [-0.39, 0.29) is 0 Å². The van der Waals surface area contributed by atoms with Crippen molar-refractivity contribution in [2.45, 2.75) is 6.54 Å². The van der Waals surface area contributed by atoms with Crippen LogP contribution >= 0.6 is 0 Å². The summed E-state index contributed by atoms with van der Waals surface area (Å²) in [6.07, 6.45) is 5.23. The molecule has 0 radical (unpaired) electrons. The first kappa shape index (κ1) is 8.56. The van der Waals surface area contributed by atoms with Gasteiger partial charge in [-0.25, -0.2) is 14.1 Å². The second-order valence-corrected chi connectivity index (χ2v) is 5.38. The van der Waals surface area contributed by atoms with Crippen LogP contribution in [0.4, 0.5) is 0 Å². The molecule has 0 spiro atoms. The molecule has 0 N–H and O–H groups in total. The molecule has 0 saturated heterocycles. The lowest BCUT2D eigenvalue weighted by Gasteiger charge is -1.97. The molecule has 1 aliphatic heterocycles. The summed E-state index contributed by atoms with van der Waals surface area (Å²) >= 11 is 0. The Morgan fingerprint density at radius 2 is 2.29 bits per heavy atom. The topological polar surface area (TPSA) is 39.5 Å². The van der Waals surface area contributed by atoms with Crippen molar-refractivity contribution in [2.75, 3.05) is 0 Å². The highest BCUT2D eigenvalue weighted by Crippen LogP contribution is 2.35. The normalized spacial score (nSPS) is 15.8. The molecular formula is C16H14N5+. The van der Waals surface area contributed by atoms with E-state index in [1.165, 1.54) is 4.57 Å². The maximum Gasteiger partial charge on any atom is 0.269 e. The predicted octanol–water partition coefficient (Wildman–Crippen LogP) is 1.78. The Labute approximate surface area is 125 Å². The van der Waals surface area contributed by atoms with Gasteiger partial charge in [0.2, 0.25) is 0 Å². The summed E-state index contributed by atoms with van der Waals surface area (Å²) in [6, 6.07) is 5.79. The van der Waals surface area contributed by atoms with E-state index in [1.807, 2.05) is 34.4 Å². The lowest BCUT2D eigenvalue weighted by atomic mass is 10.2. The fourth-order valence-electron chi connectivity index (χ4n) is 3.43. The van der Waals surface area contributed by atoms with Crippen molar-refractivity contribution in [2.24, 2.45) is 14.0 Å². The summed E-state index contributed by atoms with van der Waals surface area (Å²) in [5.74, 6) is 0.636. The number of hydrogen-bond acceptors (Lipinski definition) is 2. The third-order valence-electron chi connectivity index (χ3n) is 4.32. The molecule has 5 rings (SSSR count). The minimum atomic E-state index is -2.30. The largest absolute Gasteiger partial charge is 0.269 e. The molecule has 0 atom stereocenters. The summed E-state index contributed by atoms with van der Waals surface area (Å²) in [4.78, 5) is 8.67. The molecule has 1 aliphatic rings. The first-order valence-corrected chi connectivity index (χ1v) is 6.80. The van der Waals surface area contributed by atoms with Gasteiger partial charge in [0.05, 0.1) is 30.1 Å². The molecule has 0 saturated carbocycles. The maximum atomic E-state index is 8.08. The average molecular weight is 279 g/mol. The molecule has 4 aromatic heterocycles. The summed E-state index contributed by atoms with van der Waals surface area (Å²) < 4.78 is 29.6. The minimum Gasteiger partial charge on any atom is -0.264 e. The van der Waals surface area contributed by atoms with Crippen LogP contribution in [0.2, 0.25) is 0 Å². The van der Waals surface area contributed by atoms with Crippen molar-refractivity contribution in [1.29, 1.82) is 0 Å². The van der Waals surface area contributed by atoms with Gasteiger partial charge in [-0.05, 0) is 12.1 Å². The van der Waals surface area contributed by atoms with Crippen molar-refractivity contribution in [3.63, 3.8) is 0 Å². The van der Waals surface area contributed by atoms with Crippen molar-refractivity contribution in [3.8, 4) is 11.5 Å². The first-order chi connectivity index (χ1) is 11.5. The van der Waals surface area contributed by atoms with Crippen molar-refractivity contribution in [1.82, 2.24) is 19.1 Å². The monoisotopic (exact) mass is 279 g/mol. The van der Waals surface area contributed by atoms with Gasteiger partial charge in [-0.15, -0.1) is 0 Å². The Balaban J connectivity index is 2.05. The highest BCUT2D eigenvalue weighted by atomic mass is 15.2. The number of aryl methyl sites for hydroxylation is 2. The molecule has 102 valence electrons. The van der Waals surface area contributed by atoms with Gasteiger partial charge in [0.15, 0.2) is 5.52 Å². The van der Waals surface area contributed by atoms with Crippen LogP contribution in [-0.2, 0) is 20.6 Å². The van der Waals surface area contributed by atoms with E-state index < -0.39 is 6.98 Å². The molecule has 0 aromatic carbocycles. The second kappa shape index (κ2) is 3.49. The van der Waals surface area contributed by atoms with Gasteiger partial charge in [0, 0.05) is 24.2 Å². The number of hydrogen-bond donors (Lipinski definition) is 0. The SMILES string of the molecule is [2H]C([2H])([2H])[n+]1c2n(c3c4cnccc4n(C)c31)Cc1cccnc1-2. The summed E-state index contributed by atoms with van der Waals surface area (Å²) in [6.45, 7) is -1.68. The standard InChI is InChI=1S/C16H14N5/c1-19-12-5-7-17-8-11(12)14-16(19)20(2)15-13-10(9-21(14)15)4-3-6-18-13/h3-8H,9H2,1-2H3/q+1/i2D3. The van der Waals surface area contributed by atoms with E-state index in [2.05, 4.69) is 9.97 Å². The van der Waals surface area contributed by atoms with Gasteiger partial charge in [-0.2, -0.15) is 0 Å². The Kier molecular flexibility index (Phi) is 1.42. The van der Waals surface area contributed by atoms with Crippen LogP contribution < -0.4 is 4.57 Å². The average Bonchev–Trinajstić information content (AvgIpc) is 3.15. The van der Waals surface area contributed by atoms with Crippen LogP contribution in [0, 0.1) is 0 Å². The number of aromatic nitrogens is 5. The molecule has 0 fully saturated rings. The van der Waals surface area contributed by atoms with Gasteiger partial charge in [-0.1, -0.05) is 6.07 Å². The van der Waals surface area contributed by atoms with Gasteiger partial charge < -0.3 is 0 Å². The van der Waals surface area contributed by atoms with E-state index in [0.717, 1.165) is 27.7 Å². The first-order valence-electron chi connectivity index (χ1n) is 8.30. The molecule has 0 amide bonds. The second-order valence-electron chi connectivity index (χ2n) is 5.38. The van der Waals surface area contributed by atoms with Crippen molar-refractivity contribution < 1.29 is 8.68 Å².